The van der Waals surface area contributed by atoms with E-state index in [1.54, 1.807) is 7.11 Å². The number of methoxy groups -OCH3 is 1. The molecule has 88 valence electrons. The molecule has 0 aliphatic heterocycles. The normalized spacial score (nSPS) is 12.2. The molecule has 0 bridgehead atoms. The van der Waals surface area contributed by atoms with E-state index in [4.69, 9.17) is 4.74 Å². The quantitative estimate of drug-likeness (QED) is 0.874. The smallest absolute Gasteiger partial charge is 0.119 e. The summed E-state index contributed by atoms with van der Waals surface area (Å²) >= 11 is 0. The molecule has 0 saturated heterocycles. The molecule has 0 radical (unpaired) electrons. The van der Waals surface area contributed by atoms with Crippen LogP contribution < -0.4 is 4.74 Å². The fraction of sp³-hybridized carbons (Fsp3) is 0.200. The van der Waals surface area contributed by atoms with E-state index in [-0.39, 0.29) is 0 Å². The Kier molecular flexibility index (Phi) is 3.45. The van der Waals surface area contributed by atoms with Gasteiger partial charge < -0.3 is 9.84 Å². The third kappa shape index (κ3) is 2.66. The van der Waals surface area contributed by atoms with Crippen LogP contribution in [0.5, 0.6) is 5.75 Å². The van der Waals surface area contributed by atoms with Crippen LogP contribution in [0.4, 0.5) is 0 Å². The lowest BCUT2D eigenvalue weighted by Gasteiger charge is -2.13. The SMILES string of the molecule is COc1cccc([C@@H](O)c2cccc(C)c2)c1. The van der Waals surface area contributed by atoms with Crippen molar-refractivity contribution in [2.75, 3.05) is 7.11 Å². The minimum absolute atomic E-state index is 0.606. The van der Waals surface area contributed by atoms with Gasteiger partial charge in [-0.15, -0.1) is 0 Å². The second kappa shape index (κ2) is 5.02. The molecule has 0 aliphatic carbocycles. The van der Waals surface area contributed by atoms with Gasteiger partial charge in [0.15, 0.2) is 0 Å². The van der Waals surface area contributed by atoms with Crippen LogP contribution in [0.2, 0.25) is 0 Å². The Bertz CT molecular complexity index is 506. The Morgan fingerprint density at radius 1 is 1.00 bits per heavy atom. The van der Waals surface area contributed by atoms with Crippen LogP contribution in [0.25, 0.3) is 0 Å². The fourth-order valence-electron chi connectivity index (χ4n) is 1.84. The number of benzene rings is 2. The average molecular weight is 228 g/mol. The third-order valence-corrected chi connectivity index (χ3v) is 2.77. The van der Waals surface area contributed by atoms with E-state index in [2.05, 4.69) is 0 Å². The first kappa shape index (κ1) is 11.7. The van der Waals surface area contributed by atoms with Crippen molar-refractivity contribution in [3.8, 4) is 5.75 Å². The highest BCUT2D eigenvalue weighted by Gasteiger charge is 2.10. The summed E-state index contributed by atoms with van der Waals surface area (Å²) in [7, 11) is 1.62. The van der Waals surface area contributed by atoms with Crippen LogP contribution in [0.15, 0.2) is 48.5 Å². The van der Waals surface area contributed by atoms with E-state index < -0.39 is 6.10 Å². The largest absolute Gasteiger partial charge is 0.497 e. The molecule has 17 heavy (non-hydrogen) atoms. The predicted octanol–water partition coefficient (Wildman–Crippen LogP) is 3.09. The molecule has 2 aromatic carbocycles. The van der Waals surface area contributed by atoms with E-state index in [1.165, 1.54) is 0 Å². The molecule has 0 spiro atoms. The highest BCUT2D eigenvalue weighted by Crippen LogP contribution is 2.25. The van der Waals surface area contributed by atoms with Gasteiger partial charge in [0, 0.05) is 0 Å². The summed E-state index contributed by atoms with van der Waals surface area (Å²) in [4.78, 5) is 0. The van der Waals surface area contributed by atoms with Crippen LogP contribution >= 0.6 is 0 Å². The minimum Gasteiger partial charge on any atom is -0.497 e. The number of hydrogen-bond donors (Lipinski definition) is 1. The molecule has 0 amide bonds. The van der Waals surface area contributed by atoms with Gasteiger partial charge in [0.25, 0.3) is 0 Å². The topological polar surface area (TPSA) is 29.5 Å². The second-order valence-electron chi connectivity index (χ2n) is 4.09. The fourth-order valence-corrected chi connectivity index (χ4v) is 1.84. The second-order valence-corrected chi connectivity index (χ2v) is 4.09. The number of aliphatic hydroxyl groups is 1. The molecule has 0 aliphatic rings. The molecule has 2 rings (SSSR count). The Morgan fingerprint density at radius 3 is 2.29 bits per heavy atom. The maximum absolute atomic E-state index is 10.3. The number of aryl methyl sites for hydroxylation is 1. The van der Waals surface area contributed by atoms with Gasteiger partial charge in [-0.2, -0.15) is 0 Å². The van der Waals surface area contributed by atoms with Crippen molar-refractivity contribution in [2.45, 2.75) is 13.0 Å². The first-order chi connectivity index (χ1) is 8.20. The van der Waals surface area contributed by atoms with Gasteiger partial charge >= 0.3 is 0 Å². The van der Waals surface area contributed by atoms with E-state index in [0.29, 0.717) is 0 Å². The zero-order chi connectivity index (χ0) is 12.3. The Labute approximate surface area is 101 Å². The summed E-state index contributed by atoms with van der Waals surface area (Å²) in [5.74, 6) is 0.759. The van der Waals surface area contributed by atoms with Gasteiger partial charge in [0.05, 0.1) is 7.11 Å². The Balaban J connectivity index is 2.33. The van der Waals surface area contributed by atoms with Gasteiger partial charge in [-0.05, 0) is 30.2 Å². The average Bonchev–Trinajstić information content (AvgIpc) is 2.38. The standard InChI is InChI=1S/C15H16O2/c1-11-5-3-6-12(9-11)15(16)13-7-4-8-14(10-13)17-2/h3-10,15-16H,1-2H3/t15-/m0/s1. The molecule has 0 saturated carbocycles. The highest BCUT2D eigenvalue weighted by atomic mass is 16.5. The molecule has 1 N–H and O–H groups in total. The Hall–Kier alpha value is -1.80. The lowest BCUT2D eigenvalue weighted by atomic mass is 10.00. The number of aliphatic hydroxyl groups excluding tert-OH is 1. The van der Waals surface area contributed by atoms with E-state index >= 15 is 0 Å². The zero-order valence-electron chi connectivity index (χ0n) is 10.1. The summed E-state index contributed by atoms with van der Waals surface area (Å²) in [5, 5.41) is 10.3. The minimum atomic E-state index is -0.606. The molecule has 0 aromatic heterocycles. The first-order valence-electron chi connectivity index (χ1n) is 5.59. The molecule has 0 fully saturated rings. The van der Waals surface area contributed by atoms with Crippen LogP contribution in [-0.2, 0) is 0 Å². The van der Waals surface area contributed by atoms with Gasteiger partial charge in [0.1, 0.15) is 11.9 Å². The molecule has 1 atom stereocenters. The summed E-state index contributed by atoms with van der Waals surface area (Å²) in [6, 6.07) is 15.4. The van der Waals surface area contributed by atoms with Crippen LogP contribution in [0.1, 0.15) is 22.8 Å². The third-order valence-electron chi connectivity index (χ3n) is 2.77. The molecule has 0 heterocycles. The van der Waals surface area contributed by atoms with Gasteiger partial charge in [-0.1, -0.05) is 42.0 Å². The van der Waals surface area contributed by atoms with Gasteiger partial charge in [0.2, 0.25) is 0 Å². The molecule has 2 heteroatoms. The molecule has 2 aromatic rings. The first-order valence-corrected chi connectivity index (χ1v) is 5.59. The number of rotatable bonds is 3. The lowest BCUT2D eigenvalue weighted by Crippen LogP contribution is -2.00. The van der Waals surface area contributed by atoms with Crippen LogP contribution in [-0.4, -0.2) is 12.2 Å². The maximum Gasteiger partial charge on any atom is 0.119 e. The van der Waals surface area contributed by atoms with Crippen molar-refractivity contribution in [2.24, 2.45) is 0 Å². The monoisotopic (exact) mass is 228 g/mol. The van der Waals surface area contributed by atoms with Crippen molar-refractivity contribution >= 4 is 0 Å². The van der Waals surface area contributed by atoms with Crippen LogP contribution in [0, 0.1) is 6.92 Å². The molecule has 2 nitrogen and oxygen atoms in total. The highest BCUT2D eigenvalue weighted by molar-refractivity contribution is 5.36. The van der Waals surface area contributed by atoms with Crippen LogP contribution in [0.3, 0.4) is 0 Å². The van der Waals surface area contributed by atoms with E-state index in [9.17, 15) is 5.11 Å². The summed E-state index contributed by atoms with van der Waals surface area (Å²) < 4.78 is 5.15. The van der Waals surface area contributed by atoms with Crippen molar-refractivity contribution in [1.82, 2.24) is 0 Å². The number of ether oxygens (including phenoxy) is 1. The van der Waals surface area contributed by atoms with E-state index in [1.807, 2.05) is 55.5 Å². The Morgan fingerprint density at radius 2 is 1.65 bits per heavy atom. The molecular weight excluding hydrogens is 212 g/mol. The van der Waals surface area contributed by atoms with Crippen molar-refractivity contribution < 1.29 is 9.84 Å². The number of hydrogen-bond acceptors (Lipinski definition) is 2. The van der Waals surface area contributed by atoms with Crippen molar-refractivity contribution in [3.63, 3.8) is 0 Å². The molecular formula is C15H16O2. The molecule has 0 unspecified atom stereocenters. The van der Waals surface area contributed by atoms with Gasteiger partial charge in [-0.3, -0.25) is 0 Å². The van der Waals surface area contributed by atoms with Crippen molar-refractivity contribution in [1.29, 1.82) is 0 Å². The van der Waals surface area contributed by atoms with Gasteiger partial charge in [-0.25, -0.2) is 0 Å². The zero-order valence-corrected chi connectivity index (χ0v) is 10.1. The summed E-state index contributed by atoms with van der Waals surface area (Å²) in [6.45, 7) is 2.02. The predicted molar refractivity (Wildman–Crippen MR) is 68.2 cm³/mol. The summed E-state index contributed by atoms with van der Waals surface area (Å²) in [5.41, 5.74) is 2.89. The lowest BCUT2D eigenvalue weighted by molar-refractivity contribution is 0.219. The van der Waals surface area contributed by atoms with Crippen molar-refractivity contribution in [3.05, 3.63) is 65.2 Å². The maximum atomic E-state index is 10.3. The van der Waals surface area contributed by atoms with E-state index in [0.717, 1.165) is 22.4 Å². The summed E-state index contributed by atoms with van der Waals surface area (Å²) in [6.07, 6.45) is -0.606.